The van der Waals surface area contributed by atoms with E-state index in [2.05, 4.69) is 10.3 Å². The summed E-state index contributed by atoms with van der Waals surface area (Å²) in [6, 6.07) is 3.80. The number of pyridine rings is 1. The summed E-state index contributed by atoms with van der Waals surface area (Å²) < 4.78 is 6.65. The molecule has 0 saturated carbocycles. The Morgan fingerprint density at radius 2 is 2.04 bits per heavy atom. The smallest absolute Gasteiger partial charge is 0.408 e. The van der Waals surface area contributed by atoms with Crippen molar-refractivity contribution < 1.29 is 24.2 Å². The maximum atomic E-state index is 11.8. The average Bonchev–Trinajstić information content (AvgIpc) is 2.89. The Hall–Kier alpha value is -3.10. The molecule has 0 fully saturated rings. The number of carbonyl (C=O) groups is 3. The van der Waals surface area contributed by atoms with Gasteiger partial charge in [-0.1, -0.05) is 6.07 Å². The zero-order chi connectivity index (χ0) is 18.8. The highest BCUT2D eigenvalue weighted by atomic mass is 16.6. The maximum Gasteiger partial charge on any atom is 0.408 e. The first-order chi connectivity index (χ1) is 11.6. The lowest BCUT2D eigenvalue weighted by Crippen LogP contribution is -2.44. The number of ether oxygens (including phenoxy) is 1. The van der Waals surface area contributed by atoms with E-state index >= 15 is 0 Å². The predicted molar refractivity (Wildman–Crippen MR) is 88.2 cm³/mol. The number of hydrogen-bond acceptors (Lipinski definition) is 5. The fourth-order valence-electron chi connectivity index (χ4n) is 2.21. The molecule has 0 aliphatic carbocycles. The van der Waals surface area contributed by atoms with Gasteiger partial charge in [-0.3, -0.25) is 4.79 Å². The number of fused-ring (bicyclic) bond motifs is 1. The summed E-state index contributed by atoms with van der Waals surface area (Å²) in [5.41, 5.74) is 5.54. The van der Waals surface area contributed by atoms with Gasteiger partial charge in [-0.25, -0.2) is 14.6 Å². The second kappa shape index (κ2) is 6.80. The van der Waals surface area contributed by atoms with Crippen LogP contribution in [0.25, 0.3) is 5.65 Å². The minimum absolute atomic E-state index is 0.0273. The number of nitrogens with two attached hydrogens (primary N) is 1. The summed E-state index contributed by atoms with van der Waals surface area (Å²) in [4.78, 5) is 38.7. The van der Waals surface area contributed by atoms with Crippen molar-refractivity contribution >= 4 is 23.6 Å². The van der Waals surface area contributed by atoms with E-state index < -0.39 is 29.6 Å². The van der Waals surface area contributed by atoms with Crippen molar-refractivity contribution in [3.8, 4) is 0 Å². The van der Waals surface area contributed by atoms with Crippen molar-refractivity contribution in [3.63, 3.8) is 0 Å². The number of primary amides is 1. The van der Waals surface area contributed by atoms with Crippen molar-refractivity contribution in [1.29, 1.82) is 0 Å². The summed E-state index contributed by atoms with van der Waals surface area (Å²) in [5, 5.41) is 11.7. The van der Waals surface area contributed by atoms with Gasteiger partial charge in [0, 0.05) is 18.3 Å². The van der Waals surface area contributed by atoms with Gasteiger partial charge in [0.25, 0.3) is 5.91 Å². The number of aliphatic carboxylic acids is 1. The molecule has 2 heterocycles. The average molecular weight is 348 g/mol. The van der Waals surface area contributed by atoms with E-state index in [1.165, 1.54) is 6.20 Å². The van der Waals surface area contributed by atoms with Gasteiger partial charge in [0.15, 0.2) is 0 Å². The summed E-state index contributed by atoms with van der Waals surface area (Å²) in [7, 11) is 0. The Bertz CT molecular complexity index is 822. The molecular formula is C16H20N4O5. The minimum atomic E-state index is -1.21. The van der Waals surface area contributed by atoms with Crippen molar-refractivity contribution in [3.05, 3.63) is 35.8 Å². The van der Waals surface area contributed by atoms with Crippen LogP contribution in [0, 0.1) is 0 Å². The molecule has 2 amide bonds. The summed E-state index contributed by atoms with van der Waals surface area (Å²) >= 11 is 0. The number of carboxylic acids is 1. The number of carboxylic acid groups (broad SMARTS) is 1. The second-order valence-corrected chi connectivity index (χ2v) is 6.48. The predicted octanol–water partition coefficient (Wildman–Crippen LogP) is 0.954. The molecule has 0 saturated heterocycles. The molecule has 9 heteroatoms. The van der Waals surface area contributed by atoms with E-state index in [4.69, 9.17) is 10.5 Å². The number of nitrogens with zero attached hydrogens (tertiary/aromatic N) is 2. The molecule has 0 bridgehead atoms. The van der Waals surface area contributed by atoms with Gasteiger partial charge in [-0.15, -0.1) is 0 Å². The Morgan fingerprint density at radius 3 is 2.60 bits per heavy atom. The second-order valence-electron chi connectivity index (χ2n) is 6.48. The Morgan fingerprint density at radius 1 is 1.36 bits per heavy atom. The number of alkyl carbamates (subject to hydrolysis) is 1. The number of amides is 2. The highest BCUT2D eigenvalue weighted by Gasteiger charge is 2.25. The number of imidazole rings is 1. The van der Waals surface area contributed by atoms with Crippen LogP contribution in [0.3, 0.4) is 0 Å². The third-order valence-electron chi connectivity index (χ3n) is 3.23. The Kier molecular flexibility index (Phi) is 4.96. The van der Waals surface area contributed by atoms with Crippen LogP contribution in [0.15, 0.2) is 24.4 Å². The molecular weight excluding hydrogens is 328 g/mol. The third kappa shape index (κ3) is 4.69. The fourth-order valence-corrected chi connectivity index (χ4v) is 2.21. The molecule has 2 aromatic rings. The van der Waals surface area contributed by atoms with Crippen LogP contribution in [-0.2, 0) is 16.0 Å². The van der Waals surface area contributed by atoms with Crippen LogP contribution < -0.4 is 11.1 Å². The van der Waals surface area contributed by atoms with E-state index in [0.29, 0.717) is 11.3 Å². The summed E-state index contributed by atoms with van der Waals surface area (Å²) in [5.74, 6) is -1.89. The maximum absolute atomic E-state index is 11.8. The van der Waals surface area contributed by atoms with Crippen LogP contribution in [0.2, 0.25) is 0 Å². The molecule has 134 valence electrons. The molecule has 2 aromatic heterocycles. The largest absolute Gasteiger partial charge is 0.480 e. The molecule has 1 unspecified atom stereocenters. The van der Waals surface area contributed by atoms with Crippen LogP contribution in [0.5, 0.6) is 0 Å². The van der Waals surface area contributed by atoms with E-state index in [9.17, 15) is 19.5 Å². The van der Waals surface area contributed by atoms with Crippen molar-refractivity contribution in [2.45, 2.75) is 38.8 Å². The van der Waals surface area contributed by atoms with E-state index in [0.717, 1.165) is 0 Å². The number of aromatic nitrogens is 2. The standard InChI is InChI=1S/C16H20N4O5/c1-16(2,3)25-15(24)19-10(14(22)23)7-9-5-4-6-12-18-11(13(17)21)8-20(9)12/h4-6,8,10H,7H2,1-3H3,(H2,17,21)(H,19,24)(H,22,23). The lowest BCUT2D eigenvalue weighted by molar-refractivity contribution is -0.139. The van der Waals surface area contributed by atoms with E-state index in [1.807, 2.05) is 0 Å². The van der Waals surface area contributed by atoms with Crippen molar-refractivity contribution in [2.24, 2.45) is 5.73 Å². The quantitative estimate of drug-likeness (QED) is 0.736. The number of rotatable bonds is 5. The van der Waals surface area contributed by atoms with Gasteiger partial charge in [0.05, 0.1) is 0 Å². The molecule has 4 N–H and O–H groups in total. The zero-order valence-electron chi connectivity index (χ0n) is 14.1. The third-order valence-corrected chi connectivity index (χ3v) is 3.23. The van der Waals surface area contributed by atoms with Crippen LogP contribution in [0.1, 0.15) is 37.0 Å². The highest BCUT2D eigenvalue weighted by molar-refractivity contribution is 5.91. The molecule has 0 spiro atoms. The Balaban J connectivity index is 2.25. The number of hydrogen-bond donors (Lipinski definition) is 3. The normalized spacial score (nSPS) is 12.6. The minimum Gasteiger partial charge on any atom is -0.480 e. The molecule has 0 aliphatic heterocycles. The van der Waals surface area contributed by atoms with Crippen molar-refractivity contribution in [1.82, 2.24) is 14.7 Å². The molecule has 0 aromatic carbocycles. The van der Waals surface area contributed by atoms with Gasteiger partial charge in [-0.05, 0) is 32.9 Å². The fraction of sp³-hybridized carbons (Fsp3) is 0.375. The number of carbonyl (C=O) groups excluding carboxylic acids is 2. The molecule has 2 rings (SSSR count). The molecule has 25 heavy (non-hydrogen) atoms. The Labute approximate surface area is 143 Å². The molecule has 0 aliphatic rings. The first-order valence-electron chi connectivity index (χ1n) is 7.56. The summed E-state index contributed by atoms with van der Waals surface area (Å²) in [6.07, 6.45) is 0.579. The topological polar surface area (TPSA) is 136 Å². The van der Waals surface area contributed by atoms with Crippen LogP contribution >= 0.6 is 0 Å². The SMILES string of the molecule is CC(C)(C)OC(=O)NC(Cc1cccc2nc(C(N)=O)cn12)C(=O)O. The number of nitrogens with one attached hydrogen (secondary N) is 1. The first-order valence-corrected chi connectivity index (χ1v) is 7.56. The molecule has 1 atom stereocenters. The molecule has 0 radical (unpaired) electrons. The lowest BCUT2D eigenvalue weighted by Gasteiger charge is -2.22. The zero-order valence-corrected chi connectivity index (χ0v) is 14.1. The van der Waals surface area contributed by atoms with E-state index in [-0.39, 0.29) is 12.1 Å². The van der Waals surface area contributed by atoms with Gasteiger partial charge < -0.3 is 25.3 Å². The van der Waals surface area contributed by atoms with Crippen LogP contribution in [-0.4, -0.2) is 44.1 Å². The monoisotopic (exact) mass is 348 g/mol. The van der Waals surface area contributed by atoms with Gasteiger partial charge in [0.1, 0.15) is 23.0 Å². The van der Waals surface area contributed by atoms with Crippen molar-refractivity contribution in [2.75, 3.05) is 0 Å². The summed E-state index contributed by atoms with van der Waals surface area (Å²) in [6.45, 7) is 5.04. The van der Waals surface area contributed by atoms with Gasteiger partial charge in [0.2, 0.25) is 0 Å². The highest BCUT2D eigenvalue weighted by Crippen LogP contribution is 2.12. The van der Waals surface area contributed by atoms with Crippen LogP contribution in [0.4, 0.5) is 4.79 Å². The van der Waals surface area contributed by atoms with Gasteiger partial charge >= 0.3 is 12.1 Å². The first kappa shape index (κ1) is 18.2. The molecule has 9 nitrogen and oxygen atoms in total. The van der Waals surface area contributed by atoms with E-state index in [1.54, 1.807) is 43.4 Å². The van der Waals surface area contributed by atoms with Gasteiger partial charge in [-0.2, -0.15) is 0 Å². The lowest BCUT2D eigenvalue weighted by atomic mass is 10.1.